The maximum absolute atomic E-state index is 13.4. The molecule has 5 aliphatic rings. The van der Waals surface area contributed by atoms with E-state index in [9.17, 15) is 14.7 Å². The van der Waals surface area contributed by atoms with Crippen LogP contribution >= 0.6 is 0 Å². The molecule has 1 aromatic heterocycles. The number of nitrogens with zero attached hydrogens (tertiary/aromatic N) is 2. The summed E-state index contributed by atoms with van der Waals surface area (Å²) in [5.74, 6) is -0.771. The molecule has 0 amide bonds. The van der Waals surface area contributed by atoms with Gasteiger partial charge < -0.3 is 15.4 Å². The minimum atomic E-state index is -0.823. The number of aromatic amines is 1. The maximum Gasteiger partial charge on any atom is 0.303 e. The van der Waals surface area contributed by atoms with Crippen LogP contribution in [0.3, 0.4) is 0 Å². The van der Waals surface area contributed by atoms with Gasteiger partial charge in [0.25, 0.3) is 0 Å². The summed E-state index contributed by atoms with van der Waals surface area (Å²) in [7, 11) is 0. The second kappa shape index (κ2) is 9.58. The number of ketones is 1. The van der Waals surface area contributed by atoms with Crippen molar-refractivity contribution >= 4 is 41.4 Å². The van der Waals surface area contributed by atoms with Crippen LogP contribution in [-0.2, 0) is 9.59 Å². The van der Waals surface area contributed by atoms with E-state index in [2.05, 4.69) is 69.7 Å². The summed E-state index contributed by atoms with van der Waals surface area (Å²) in [6.07, 6.45) is 9.92. The highest BCUT2D eigenvalue weighted by atomic mass is 16.4. The molecule has 0 saturated heterocycles. The fourth-order valence-electron chi connectivity index (χ4n) is 7.04. The Bertz CT molecular complexity index is 1700. The van der Waals surface area contributed by atoms with Crippen LogP contribution in [0.4, 0.5) is 0 Å². The van der Waals surface area contributed by atoms with E-state index in [0.717, 1.165) is 73.5 Å². The van der Waals surface area contributed by atoms with Crippen LogP contribution in [0.15, 0.2) is 62.0 Å². The van der Waals surface area contributed by atoms with Gasteiger partial charge in [0, 0.05) is 69.4 Å². The SMILES string of the molecule is C=Cc1c(C)c2[nH]c1=CC1=N/C(=C\C3NC4=C(C(=O)C/C4=C4/N=C(C=2)[C@@H](C)[C@@H]4CCC(=O)O)C3C)C(CC)=C1C. The fraction of sp³-hybridized carbons (Fsp3) is 0.394. The van der Waals surface area contributed by atoms with Crippen LogP contribution in [0, 0.1) is 24.7 Å². The van der Waals surface area contributed by atoms with Gasteiger partial charge in [0.1, 0.15) is 0 Å². The Morgan fingerprint density at radius 3 is 2.65 bits per heavy atom. The van der Waals surface area contributed by atoms with Gasteiger partial charge >= 0.3 is 5.97 Å². The molecule has 1 aromatic rings. The molecule has 0 spiro atoms. The van der Waals surface area contributed by atoms with Gasteiger partial charge in [0.05, 0.1) is 23.1 Å². The molecule has 4 atom stereocenters. The first-order valence-corrected chi connectivity index (χ1v) is 14.3. The van der Waals surface area contributed by atoms with E-state index in [4.69, 9.17) is 9.98 Å². The Kier molecular flexibility index (Phi) is 6.28. The molecule has 2 unspecified atom stereocenters. The molecule has 3 N–H and O–H groups in total. The summed E-state index contributed by atoms with van der Waals surface area (Å²) < 4.78 is 0. The molecule has 6 rings (SSSR count). The van der Waals surface area contributed by atoms with Crippen molar-refractivity contribution in [2.45, 2.75) is 66.3 Å². The zero-order valence-corrected chi connectivity index (χ0v) is 23.8. The molecular formula is C33H36N4O3. The molecule has 4 aliphatic heterocycles. The number of aliphatic imine (C=N–C) groups is 2. The first kappa shape index (κ1) is 26.2. The number of H-pyrrole nitrogens is 1. The van der Waals surface area contributed by atoms with Crippen LogP contribution in [0.2, 0.25) is 0 Å². The second-order valence-electron chi connectivity index (χ2n) is 11.6. The van der Waals surface area contributed by atoms with Crippen molar-refractivity contribution in [3.63, 3.8) is 0 Å². The molecule has 0 fully saturated rings. The lowest BCUT2D eigenvalue weighted by Crippen LogP contribution is -2.28. The van der Waals surface area contributed by atoms with Gasteiger partial charge in [-0.3, -0.25) is 14.6 Å². The summed E-state index contributed by atoms with van der Waals surface area (Å²) in [6, 6.07) is -0.0698. The van der Waals surface area contributed by atoms with Gasteiger partial charge in [-0.25, -0.2) is 4.99 Å². The zero-order chi connectivity index (χ0) is 28.5. The largest absolute Gasteiger partial charge is 0.481 e. The Balaban J connectivity index is 1.63. The molecule has 0 aromatic carbocycles. The van der Waals surface area contributed by atoms with E-state index in [1.54, 1.807) is 0 Å². The highest BCUT2D eigenvalue weighted by Gasteiger charge is 2.44. The van der Waals surface area contributed by atoms with Crippen molar-refractivity contribution in [1.29, 1.82) is 0 Å². The van der Waals surface area contributed by atoms with Gasteiger partial charge in [-0.15, -0.1) is 0 Å². The summed E-state index contributed by atoms with van der Waals surface area (Å²) >= 11 is 0. The summed E-state index contributed by atoms with van der Waals surface area (Å²) in [4.78, 5) is 38.8. The van der Waals surface area contributed by atoms with Crippen LogP contribution in [-0.4, -0.2) is 39.3 Å². The third-order valence-electron chi connectivity index (χ3n) is 9.39. The second-order valence-corrected chi connectivity index (χ2v) is 11.6. The summed E-state index contributed by atoms with van der Waals surface area (Å²) in [6.45, 7) is 14.6. The van der Waals surface area contributed by atoms with Crippen LogP contribution in [0.25, 0.3) is 18.2 Å². The zero-order valence-electron chi connectivity index (χ0n) is 23.8. The minimum absolute atomic E-state index is 0.00250. The molecule has 40 heavy (non-hydrogen) atoms. The quantitative estimate of drug-likeness (QED) is 0.523. The molecular weight excluding hydrogens is 500 g/mol. The lowest BCUT2D eigenvalue weighted by molar-refractivity contribution is -0.137. The van der Waals surface area contributed by atoms with E-state index in [0.29, 0.717) is 12.8 Å². The van der Waals surface area contributed by atoms with Gasteiger partial charge in [0.15, 0.2) is 5.78 Å². The highest BCUT2D eigenvalue weighted by molar-refractivity contribution is 6.23. The third kappa shape index (κ3) is 3.94. The molecule has 206 valence electrons. The van der Waals surface area contributed by atoms with Crippen LogP contribution in [0.1, 0.15) is 64.5 Å². The number of Topliss-reactive ketones (excluding diaryl/α,β-unsaturated/α-hetero) is 1. The number of carboxylic acid groups (broad SMARTS) is 1. The van der Waals surface area contributed by atoms with E-state index in [1.165, 1.54) is 5.57 Å². The smallest absolute Gasteiger partial charge is 0.303 e. The predicted octanol–water partition coefficient (Wildman–Crippen LogP) is 4.27. The first-order valence-electron chi connectivity index (χ1n) is 14.3. The number of aliphatic carboxylic acids is 1. The number of fused-ring (bicyclic) bond motifs is 5. The van der Waals surface area contributed by atoms with Crippen molar-refractivity contribution in [2.75, 3.05) is 0 Å². The Labute approximate surface area is 234 Å². The van der Waals surface area contributed by atoms with Crippen molar-refractivity contribution in [3.8, 4) is 0 Å². The van der Waals surface area contributed by atoms with Gasteiger partial charge in [-0.1, -0.05) is 33.4 Å². The van der Waals surface area contributed by atoms with E-state index in [-0.39, 0.29) is 36.0 Å². The number of allylic oxidation sites excluding steroid dienone is 4. The fourth-order valence-corrected chi connectivity index (χ4v) is 7.04. The number of carboxylic acids is 1. The standard InChI is InChI=1S/C33H36N4O3/c1-7-19-15(3)23-12-25-17(5)21(9-10-30(39)40)32(36-25)22-11-29(38)31-18(6)26(37-33(22)31)14-28-20(8-2)16(4)24(35-28)13-27(19)34-23/h7,12-14,17-18,21,26,34,37H,1,8-11H2,2-6H3,(H,39,40)/b23-12?,27-13?,28-14-,32-22-/t17-,18?,21-,26?/m0/s1. The highest BCUT2D eigenvalue weighted by Crippen LogP contribution is 2.46. The average molecular weight is 537 g/mol. The van der Waals surface area contributed by atoms with E-state index >= 15 is 0 Å². The summed E-state index contributed by atoms with van der Waals surface area (Å²) in [5.41, 5.74) is 10.7. The molecule has 5 heterocycles. The van der Waals surface area contributed by atoms with Gasteiger partial charge in [-0.2, -0.15) is 0 Å². The number of hydrogen-bond donors (Lipinski definition) is 3. The molecule has 7 nitrogen and oxygen atoms in total. The first-order chi connectivity index (χ1) is 19.1. The van der Waals surface area contributed by atoms with Crippen LogP contribution < -0.4 is 16.0 Å². The van der Waals surface area contributed by atoms with Crippen molar-refractivity contribution in [2.24, 2.45) is 27.7 Å². The summed E-state index contributed by atoms with van der Waals surface area (Å²) in [5, 5.41) is 15.1. The monoisotopic (exact) mass is 536 g/mol. The third-order valence-corrected chi connectivity index (χ3v) is 9.39. The Morgan fingerprint density at radius 2 is 1.95 bits per heavy atom. The maximum atomic E-state index is 13.4. The van der Waals surface area contributed by atoms with Crippen molar-refractivity contribution in [1.82, 2.24) is 10.3 Å². The predicted molar refractivity (Wildman–Crippen MR) is 159 cm³/mol. The number of rotatable bonds is 5. The lowest BCUT2D eigenvalue weighted by Gasteiger charge is -2.21. The van der Waals surface area contributed by atoms with Gasteiger partial charge in [-0.05, 0) is 61.6 Å². The molecule has 7 heteroatoms. The minimum Gasteiger partial charge on any atom is -0.481 e. The van der Waals surface area contributed by atoms with E-state index < -0.39 is 5.97 Å². The average Bonchev–Trinajstić information content (AvgIpc) is 3.65. The Hall–Kier alpha value is -4.00. The van der Waals surface area contributed by atoms with Gasteiger partial charge in [0.2, 0.25) is 0 Å². The van der Waals surface area contributed by atoms with Crippen LogP contribution in [0.5, 0.6) is 0 Å². The van der Waals surface area contributed by atoms with E-state index in [1.807, 2.05) is 6.08 Å². The molecule has 1 aliphatic carbocycles. The van der Waals surface area contributed by atoms with Crippen molar-refractivity contribution < 1.29 is 14.7 Å². The number of aromatic nitrogens is 1. The molecule has 0 radical (unpaired) electrons. The number of carbonyl (C=O) groups is 2. The topological polar surface area (TPSA) is 107 Å². The number of nitrogens with one attached hydrogen (secondary N) is 2. The number of hydrogen-bond acceptors (Lipinski definition) is 5. The Morgan fingerprint density at radius 1 is 1.18 bits per heavy atom. The normalized spacial score (nSPS) is 30.0. The lowest BCUT2D eigenvalue weighted by atomic mass is 9.85. The number of carbonyl (C=O) groups excluding carboxylic acids is 1. The molecule has 8 bridgehead atoms. The molecule has 0 saturated carbocycles. The van der Waals surface area contributed by atoms with Crippen molar-refractivity contribution in [3.05, 3.63) is 73.9 Å².